The van der Waals surface area contributed by atoms with Gasteiger partial charge in [0, 0.05) is 24.5 Å². The topological polar surface area (TPSA) is 105 Å². The number of carbonyl (C=O) groups excluding carboxylic acids is 2. The minimum Gasteiger partial charge on any atom is -0.464 e. The smallest absolute Gasteiger partial charge is 0.356 e. The van der Waals surface area contributed by atoms with E-state index in [2.05, 4.69) is 15.4 Å². The molecule has 1 aliphatic heterocycles. The first kappa shape index (κ1) is 21.9. The molecule has 0 atom stereocenters. The molecule has 0 amide bonds. The van der Waals surface area contributed by atoms with E-state index in [-0.39, 0.29) is 11.8 Å². The Bertz CT molecular complexity index is 1140. The zero-order chi connectivity index (χ0) is 22.7. The third-order valence-corrected chi connectivity index (χ3v) is 5.29. The monoisotopic (exact) mass is 456 g/mol. The zero-order valence-corrected chi connectivity index (χ0v) is 18.3. The lowest BCUT2D eigenvalue weighted by Gasteiger charge is -2.41. The van der Waals surface area contributed by atoms with Gasteiger partial charge >= 0.3 is 11.9 Å². The molecule has 10 heteroatoms. The number of aryl methyl sites for hydroxylation is 1. The Labute approximate surface area is 189 Å². The second-order valence-corrected chi connectivity index (χ2v) is 7.87. The second-order valence-electron chi connectivity index (χ2n) is 7.53. The highest BCUT2D eigenvalue weighted by Gasteiger charge is 2.41. The van der Waals surface area contributed by atoms with Gasteiger partial charge in [-0.1, -0.05) is 18.2 Å². The number of nitrogens with zero attached hydrogens (tertiary/aromatic N) is 3. The van der Waals surface area contributed by atoms with Crippen LogP contribution < -0.4 is 5.48 Å². The van der Waals surface area contributed by atoms with Gasteiger partial charge in [-0.3, -0.25) is 0 Å². The minimum atomic E-state index is -0.706. The largest absolute Gasteiger partial charge is 0.464 e. The maximum absolute atomic E-state index is 12.4. The van der Waals surface area contributed by atoms with Crippen molar-refractivity contribution in [1.29, 1.82) is 0 Å². The van der Waals surface area contributed by atoms with Crippen molar-refractivity contribution in [1.82, 2.24) is 20.0 Å². The Kier molecular flexibility index (Phi) is 6.22. The average molecular weight is 457 g/mol. The van der Waals surface area contributed by atoms with Gasteiger partial charge in [-0.15, -0.1) is 5.48 Å². The van der Waals surface area contributed by atoms with Crippen LogP contribution in [0.25, 0.3) is 11.3 Å². The fraction of sp³-hybridized carbons (Fsp3) is 0.273. The SMILES string of the molecule is COC(=O)c1cc(-c2nc(Cl)ncc2C)cn1CC1(NOC(=O)c2ccccc2)COC1. The predicted molar refractivity (Wildman–Crippen MR) is 115 cm³/mol. The van der Waals surface area contributed by atoms with Gasteiger partial charge in [0.05, 0.1) is 31.6 Å². The van der Waals surface area contributed by atoms with Crippen LogP contribution in [0.4, 0.5) is 0 Å². The van der Waals surface area contributed by atoms with Crippen LogP contribution in [0.2, 0.25) is 5.28 Å². The molecule has 32 heavy (non-hydrogen) atoms. The molecule has 0 radical (unpaired) electrons. The van der Waals surface area contributed by atoms with E-state index in [0.29, 0.717) is 35.7 Å². The van der Waals surface area contributed by atoms with E-state index in [4.69, 9.17) is 25.9 Å². The van der Waals surface area contributed by atoms with Crippen molar-refractivity contribution in [2.24, 2.45) is 0 Å². The number of carbonyl (C=O) groups is 2. The number of nitrogens with one attached hydrogen (secondary N) is 1. The molecular formula is C22H21ClN4O5. The lowest BCUT2D eigenvalue weighted by molar-refractivity contribution is -0.138. The summed E-state index contributed by atoms with van der Waals surface area (Å²) in [6.45, 7) is 2.73. The van der Waals surface area contributed by atoms with Crippen molar-refractivity contribution in [3.05, 3.63) is 70.9 Å². The van der Waals surface area contributed by atoms with Crippen LogP contribution in [0.15, 0.2) is 48.8 Å². The summed E-state index contributed by atoms with van der Waals surface area (Å²) in [4.78, 5) is 38.3. The number of methoxy groups -OCH3 is 1. The number of benzene rings is 1. The van der Waals surface area contributed by atoms with Gasteiger partial charge in [-0.05, 0) is 42.3 Å². The van der Waals surface area contributed by atoms with E-state index >= 15 is 0 Å². The summed E-state index contributed by atoms with van der Waals surface area (Å²) >= 11 is 5.97. The molecule has 1 saturated heterocycles. The minimum absolute atomic E-state index is 0.108. The van der Waals surface area contributed by atoms with Crippen LogP contribution in [-0.4, -0.2) is 52.3 Å². The van der Waals surface area contributed by atoms with Gasteiger partial charge in [0.1, 0.15) is 11.2 Å². The first-order chi connectivity index (χ1) is 15.4. The maximum atomic E-state index is 12.4. The van der Waals surface area contributed by atoms with Crippen molar-refractivity contribution >= 4 is 23.5 Å². The van der Waals surface area contributed by atoms with E-state index in [1.807, 2.05) is 13.0 Å². The molecular weight excluding hydrogens is 436 g/mol. The van der Waals surface area contributed by atoms with E-state index < -0.39 is 17.5 Å². The molecule has 0 bridgehead atoms. The number of rotatable bonds is 7. The lowest BCUT2D eigenvalue weighted by atomic mass is 9.98. The van der Waals surface area contributed by atoms with Crippen LogP contribution in [-0.2, 0) is 20.9 Å². The van der Waals surface area contributed by atoms with Crippen molar-refractivity contribution in [3.8, 4) is 11.3 Å². The van der Waals surface area contributed by atoms with Crippen LogP contribution in [0.1, 0.15) is 26.4 Å². The summed E-state index contributed by atoms with van der Waals surface area (Å²) in [5, 5.41) is 0.108. The fourth-order valence-electron chi connectivity index (χ4n) is 3.40. The van der Waals surface area contributed by atoms with Crippen LogP contribution in [0, 0.1) is 6.92 Å². The molecule has 0 saturated carbocycles. The first-order valence-corrected chi connectivity index (χ1v) is 10.2. The fourth-order valence-corrected chi connectivity index (χ4v) is 3.54. The molecule has 1 N–H and O–H groups in total. The van der Waals surface area contributed by atoms with Crippen molar-refractivity contribution in [2.45, 2.75) is 19.0 Å². The highest BCUT2D eigenvalue weighted by Crippen LogP contribution is 2.28. The summed E-state index contributed by atoms with van der Waals surface area (Å²) in [6.07, 6.45) is 3.39. The van der Waals surface area contributed by atoms with Crippen molar-refractivity contribution in [3.63, 3.8) is 0 Å². The summed E-state index contributed by atoms with van der Waals surface area (Å²) < 4.78 is 12.1. The Balaban J connectivity index is 1.59. The third-order valence-electron chi connectivity index (χ3n) is 5.11. The number of halogens is 1. The molecule has 166 valence electrons. The van der Waals surface area contributed by atoms with Crippen LogP contribution in [0.3, 0.4) is 0 Å². The quantitative estimate of drug-likeness (QED) is 0.329. The number of aromatic nitrogens is 3. The first-order valence-electron chi connectivity index (χ1n) is 9.80. The number of hydrogen-bond donors (Lipinski definition) is 1. The molecule has 0 aliphatic carbocycles. The Hall–Kier alpha value is -3.27. The van der Waals surface area contributed by atoms with E-state index in [9.17, 15) is 9.59 Å². The highest BCUT2D eigenvalue weighted by atomic mass is 35.5. The molecule has 3 aromatic rings. The van der Waals surface area contributed by atoms with Crippen LogP contribution >= 0.6 is 11.6 Å². The molecule has 1 fully saturated rings. The summed E-state index contributed by atoms with van der Waals surface area (Å²) in [5.41, 5.74) is 4.97. The number of esters is 1. The summed E-state index contributed by atoms with van der Waals surface area (Å²) in [6, 6.07) is 10.3. The van der Waals surface area contributed by atoms with Crippen LogP contribution in [0.5, 0.6) is 0 Å². The number of hydrogen-bond acceptors (Lipinski definition) is 8. The van der Waals surface area contributed by atoms with Gasteiger partial charge in [0.2, 0.25) is 5.28 Å². The Morgan fingerprint density at radius 2 is 2.00 bits per heavy atom. The molecule has 2 aromatic heterocycles. The molecule has 3 heterocycles. The molecule has 0 unspecified atom stereocenters. The van der Waals surface area contributed by atoms with Gasteiger partial charge in [0.25, 0.3) is 0 Å². The molecule has 0 spiro atoms. The van der Waals surface area contributed by atoms with Crippen molar-refractivity contribution in [2.75, 3.05) is 20.3 Å². The van der Waals surface area contributed by atoms with Gasteiger partial charge in [-0.2, -0.15) is 0 Å². The van der Waals surface area contributed by atoms with Gasteiger partial charge in [0.15, 0.2) is 0 Å². The van der Waals surface area contributed by atoms with E-state index in [1.54, 1.807) is 47.3 Å². The molecule has 1 aromatic carbocycles. The molecule has 9 nitrogen and oxygen atoms in total. The summed E-state index contributed by atoms with van der Waals surface area (Å²) in [5.74, 6) is -1.02. The number of hydroxylamine groups is 1. The predicted octanol–water partition coefficient (Wildman–Crippen LogP) is 2.82. The third kappa shape index (κ3) is 4.50. The summed E-state index contributed by atoms with van der Waals surface area (Å²) in [7, 11) is 1.31. The molecule has 1 aliphatic rings. The highest BCUT2D eigenvalue weighted by molar-refractivity contribution is 6.28. The van der Waals surface area contributed by atoms with Gasteiger partial charge in [-0.25, -0.2) is 19.6 Å². The average Bonchev–Trinajstić information content (AvgIpc) is 3.20. The Morgan fingerprint density at radius 1 is 1.25 bits per heavy atom. The molecule has 4 rings (SSSR count). The lowest BCUT2D eigenvalue weighted by Crippen LogP contribution is -2.63. The van der Waals surface area contributed by atoms with E-state index in [1.165, 1.54) is 7.11 Å². The van der Waals surface area contributed by atoms with E-state index in [0.717, 1.165) is 5.56 Å². The maximum Gasteiger partial charge on any atom is 0.356 e. The Morgan fingerprint density at radius 3 is 2.66 bits per heavy atom. The normalized spacial score (nSPS) is 14.5. The second kappa shape index (κ2) is 9.07. The van der Waals surface area contributed by atoms with Gasteiger partial charge < -0.3 is 18.9 Å². The standard InChI is InChI=1S/C22H21ClN4O5/c1-14-9-24-21(23)25-18(14)16-8-17(20(29)30-2)27(10-16)11-22(12-31-13-22)26-32-19(28)15-6-4-3-5-7-15/h3-10,26H,11-13H2,1-2H3. The number of ether oxygens (including phenoxy) is 2. The van der Waals surface area contributed by atoms with Crippen molar-refractivity contribution < 1.29 is 23.9 Å². The zero-order valence-electron chi connectivity index (χ0n) is 17.5.